The Kier molecular flexibility index (Phi) is 6.46. The number of halogens is 2. The molecule has 1 saturated heterocycles. The Morgan fingerprint density at radius 3 is 2.60 bits per heavy atom. The standard InChI is InChI=1S/C22H23Cl2N3O3/c23-17-5-6-20-15(12-17)11-16(14-30-20)22(29)27-9-7-26(8-10-27)13-21(28)25-19-4-2-1-3-18(19)24/h1-6,12,16H,7-11,13-14H2,(H,25,28). The Hall–Kier alpha value is -2.28. The van der Waals surface area contributed by atoms with E-state index in [1.54, 1.807) is 18.2 Å². The highest BCUT2D eigenvalue weighted by molar-refractivity contribution is 6.33. The van der Waals surface area contributed by atoms with Gasteiger partial charge >= 0.3 is 0 Å². The number of para-hydroxylation sites is 1. The van der Waals surface area contributed by atoms with Gasteiger partial charge in [0.1, 0.15) is 12.4 Å². The molecule has 1 fully saturated rings. The molecule has 0 aromatic heterocycles. The quantitative estimate of drug-likeness (QED) is 0.780. The molecule has 1 atom stereocenters. The van der Waals surface area contributed by atoms with Crippen LogP contribution in [0.4, 0.5) is 5.69 Å². The van der Waals surface area contributed by atoms with Crippen molar-refractivity contribution in [3.63, 3.8) is 0 Å². The number of hydrogen-bond donors (Lipinski definition) is 1. The number of nitrogens with one attached hydrogen (secondary N) is 1. The first-order chi connectivity index (χ1) is 14.5. The molecule has 0 saturated carbocycles. The van der Waals surface area contributed by atoms with Crippen LogP contribution in [0.15, 0.2) is 42.5 Å². The highest BCUT2D eigenvalue weighted by Crippen LogP contribution is 2.30. The third kappa shape index (κ3) is 4.89. The highest BCUT2D eigenvalue weighted by Gasteiger charge is 2.31. The minimum Gasteiger partial charge on any atom is -0.492 e. The van der Waals surface area contributed by atoms with Crippen LogP contribution in [0.1, 0.15) is 5.56 Å². The maximum absolute atomic E-state index is 13.0. The van der Waals surface area contributed by atoms with Gasteiger partial charge in [-0.15, -0.1) is 0 Å². The summed E-state index contributed by atoms with van der Waals surface area (Å²) < 4.78 is 5.76. The molecule has 0 radical (unpaired) electrons. The van der Waals surface area contributed by atoms with Crippen LogP contribution in [-0.2, 0) is 16.0 Å². The van der Waals surface area contributed by atoms with Crippen molar-refractivity contribution in [2.45, 2.75) is 6.42 Å². The van der Waals surface area contributed by atoms with Crippen molar-refractivity contribution in [3.05, 3.63) is 58.1 Å². The largest absolute Gasteiger partial charge is 0.492 e. The Balaban J connectivity index is 1.27. The fourth-order valence-electron chi connectivity index (χ4n) is 3.86. The fraction of sp³-hybridized carbons (Fsp3) is 0.364. The van der Waals surface area contributed by atoms with E-state index in [0.29, 0.717) is 54.9 Å². The second kappa shape index (κ2) is 9.25. The summed E-state index contributed by atoms with van der Waals surface area (Å²) >= 11 is 12.2. The van der Waals surface area contributed by atoms with Gasteiger partial charge in [0.05, 0.1) is 23.2 Å². The Morgan fingerprint density at radius 1 is 1.07 bits per heavy atom. The first-order valence-electron chi connectivity index (χ1n) is 9.96. The van der Waals surface area contributed by atoms with Crippen LogP contribution >= 0.6 is 23.2 Å². The monoisotopic (exact) mass is 447 g/mol. The molecule has 158 valence electrons. The van der Waals surface area contributed by atoms with E-state index in [1.807, 2.05) is 34.1 Å². The van der Waals surface area contributed by atoms with E-state index < -0.39 is 0 Å². The zero-order valence-corrected chi connectivity index (χ0v) is 18.0. The number of benzene rings is 2. The van der Waals surface area contributed by atoms with Crippen molar-refractivity contribution in [3.8, 4) is 5.75 Å². The predicted molar refractivity (Wildman–Crippen MR) is 117 cm³/mol. The van der Waals surface area contributed by atoms with Crippen molar-refractivity contribution in [2.75, 3.05) is 44.6 Å². The number of anilines is 1. The Bertz CT molecular complexity index is 945. The first-order valence-corrected chi connectivity index (χ1v) is 10.7. The minimum atomic E-state index is -0.203. The Labute approximate surface area is 185 Å². The number of piperazine rings is 1. The van der Waals surface area contributed by atoms with Crippen molar-refractivity contribution < 1.29 is 14.3 Å². The van der Waals surface area contributed by atoms with Gasteiger partial charge < -0.3 is 15.0 Å². The van der Waals surface area contributed by atoms with Gasteiger partial charge in [-0.25, -0.2) is 0 Å². The van der Waals surface area contributed by atoms with Crippen LogP contribution in [0.25, 0.3) is 0 Å². The number of amides is 2. The molecule has 2 aromatic carbocycles. The molecule has 30 heavy (non-hydrogen) atoms. The van der Waals surface area contributed by atoms with Gasteiger partial charge in [-0.3, -0.25) is 14.5 Å². The smallest absolute Gasteiger partial charge is 0.238 e. The van der Waals surface area contributed by atoms with E-state index in [1.165, 1.54) is 0 Å². The lowest BCUT2D eigenvalue weighted by Crippen LogP contribution is -2.52. The second-order valence-corrected chi connectivity index (χ2v) is 8.44. The normalized spacial score (nSPS) is 19.0. The average Bonchev–Trinajstić information content (AvgIpc) is 2.75. The molecule has 2 amide bonds. The van der Waals surface area contributed by atoms with Crippen molar-refractivity contribution >= 4 is 40.7 Å². The molecular formula is C22H23Cl2N3O3. The second-order valence-electron chi connectivity index (χ2n) is 7.59. The molecule has 6 nitrogen and oxygen atoms in total. The maximum atomic E-state index is 13.0. The number of hydrogen-bond acceptors (Lipinski definition) is 4. The topological polar surface area (TPSA) is 61.9 Å². The number of rotatable bonds is 4. The molecular weight excluding hydrogens is 425 g/mol. The van der Waals surface area contributed by atoms with Gasteiger partial charge in [0.2, 0.25) is 11.8 Å². The van der Waals surface area contributed by atoms with Crippen LogP contribution in [0.3, 0.4) is 0 Å². The van der Waals surface area contributed by atoms with Crippen LogP contribution in [0.5, 0.6) is 5.75 Å². The van der Waals surface area contributed by atoms with Crippen LogP contribution in [0, 0.1) is 5.92 Å². The summed E-state index contributed by atoms with van der Waals surface area (Å²) in [6.07, 6.45) is 0.634. The molecule has 2 heterocycles. The highest BCUT2D eigenvalue weighted by atomic mass is 35.5. The number of fused-ring (bicyclic) bond motifs is 1. The summed E-state index contributed by atoms with van der Waals surface area (Å²) in [5.41, 5.74) is 1.58. The van der Waals surface area contributed by atoms with E-state index >= 15 is 0 Å². The van der Waals surface area contributed by atoms with Gasteiger partial charge in [-0.1, -0.05) is 35.3 Å². The molecule has 0 spiro atoms. The molecule has 0 aliphatic carbocycles. The van der Waals surface area contributed by atoms with E-state index in [0.717, 1.165) is 11.3 Å². The average molecular weight is 448 g/mol. The van der Waals surface area contributed by atoms with Crippen molar-refractivity contribution in [2.24, 2.45) is 5.92 Å². The van der Waals surface area contributed by atoms with E-state index in [2.05, 4.69) is 5.32 Å². The number of ether oxygens (including phenoxy) is 1. The van der Waals surface area contributed by atoms with Gasteiger partial charge in [-0.2, -0.15) is 0 Å². The van der Waals surface area contributed by atoms with E-state index in [9.17, 15) is 9.59 Å². The SMILES string of the molecule is O=C(CN1CCN(C(=O)C2COc3ccc(Cl)cc3C2)CC1)Nc1ccccc1Cl. The van der Waals surface area contributed by atoms with Crippen LogP contribution < -0.4 is 10.1 Å². The van der Waals surface area contributed by atoms with Gasteiger partial charge in [0.15, 0.2) is 0 Å². The lowest BCUT2D eigenvalue weighted by atomic mass is 9.95. The van der Waals surface area contributed by atoms with E-state index in [4.69, 9.17) is 27.9 Å². The lowest BCUT2D eigenvalue weighted by Gasteiger charge is -2.37. The molecule has 4 rings (SSSR count). The summed E-state index contributed by atoms with van der Waals surface area (Å²) in [5, 5.41) is 4.00. The van der Waals surface area contributed by atoms with Crippen LogP contribution in [0.2, 0.25) is 10.0 Å². The third-order valence-electron chi connectivity index (χ3n) is 5.48. The molecule has 2 aliphatic rings. The fourth-order valence-corrected chi connectivity index (χ4v) is 4.24. The summed E-state index contributed by atoms with van der Waals surface area (Å²) in [6, 6.07) is 12.7. The Morgan fingerprint density at radius 2 is 1.83 bits per heavy atom. The van der Waals surface area contributed by atoms with Crippen LogP contribution in [-0.4, -0.2) is 60.9 Å². The zero-order valence-electron chi connectivity index (χ0n) is 16.4. The minimum absolute atomic E-state index is 0.0980. The molecule has 2 aromatic rings. The van der Waals surface area contributed by atoms with Gasteiger partial charge in [-0.05, 0) is 42.3 Å². The van der Waals surface area contributed by atoms with Crippen molar-refractivity contribution in [1.82, 2.24) is 9.80 Å². The predicted octanol–water partition coefficient (Wildman–Crippen LogP) is 3.33. The summed E-state index contributed by atoms with van der Waals surface area (Å²) in [7, 11) is 0. The molecule has 1 unspecified atom stereocenters. The molecule has 2 aliphatic heterocycles. The van der Waals surface area contributed by atoms with Gasteiger partial charge in [0, 0.05) is 31.2 Å². The summed E-state index contributed by atoms with van der Waals surface area (Å²) in [4.78, 5) is 29.2. The summed E-state index contributed by atoms with van der Waals surface area (Å²) in [5.74, 6) is 0.585. The maximum Gasteiger partial charge on any atom is 0.238 e. The number of nitrogens with zero attached hydrogens (tertiary/aromatic N) is 2. The summed E-state index contributed by atoms with van der Waals surface area (Å²) in [6.45, 7) is 3.14. The molecule has 8 heteroatoms. The number of carbonyl (C=O) groups excluding carboxylic acids is 2. The molecule has 1 N–H and O–H groups in total. The van der Waals surface area contributed by atoms with Gasteiger partial charge in [0.25, 0.3) is 0 Å². The first kappa shape index (κ1) is 21.0. The molecule has 0 bridgehead atoms. The third-order valence-corrected chi connectivity index (χ3v) is 6.04. The lowest BCUT2D eigenvalue weighted by molar-refractivity contribution is -0.138. The van der Waals surface area contributed by atoms with Crippen molar-refractivity contribution in [1.29, 1.82) is 0 Å². The zero-order chi connectivity index (χ0) is 21.1. The number of carbonyl (C=O) groups is 2. The van der Waals surface area contributed by atoms with E-state index in [-0.39, 0.29) is 24.3 Å².